The largest absolute Gasteiger partial charge is 0.487 e. The van der Waals surface area contributed by atoms with Gasteiger partial charge in [0.05, 0.1) is 23.8 Å². The van der Waals surface area contributed by atoms with Crippen LogP contribution >= 0.6 is 0 Å². The Kier molecular flexibility index (Phi) is 4.99. The van der Waals surface area contributed by atoms with Gasteiger partial charge in [0, 0.05) is 18.6 Å². The minimum atomic E-state index is -3.00. The molecule has 0 radical (unpaired) electrons. The van der Waals surface area contributed by atoms with E-state index in [4.69, 9.17) is 9.15 Å². The van der Waals surface area contributed by atoms with Crippen molar-refractivity contribution in [3.8, 4) is 5.75 Å². The lowest BCUT2D eigenvalue weighted by atomic mass is 10.0. The van der Waals surface area contributed by atoms with E-state index in [0.29, 0.717) is 35.6 Å². The van der Waals surface area contributed by atoms with Gasteiger partial charge in [-0.1, -0.05) is 0 Å². The van der Waals surface area contributed by atoms with Gasteiger partial charge >= 0.3 is 0 Å². The fraction of sp³-hybridized carbons (Fsp3) is 0.400. The van der Waals surface area contributed by atoms with E-state index in [1.165, 1.54) is 0 Å². The maximum absolute atomic E-state index is 14.1. The highest BCUT2D eigenvalue weighted by molar-refractivity contribution is 6.07. The molecule has 1 aliphatic rings. The number of rotatable bonds is 5. The van der Waals surface area contributed by atoms with E-state index in [2.05, 4.69) is 15.7 Å². The van der Waals surface area contributed by atoms with Crippen LogP contribution in [0.4, 0.5) is 8.78 Å². The van der Waals surface area contributed by atoms with Crippen molar-refractivity contribution in [2.24, 2.45) is 7.05 Å². The molecular weight excluding hydrogens is 382 g/mol. The van der Waals surface area contributed by atoms with Crippen molar-refractivity contribution in [1.82, 2.24) is 20.4 Å². The number of piperidine rings is 1. The molecule has 3 heterocycles. The number of hydrogen-bond donors (Lipinski definition) is 2. The highest BCUT2D eigenvalue weighted by Gasteiger charge is 2.42. The third-order valence-electron chi connectivity index (χ3n) is 5.16. The standard InChI is InChI=1S/C20H22F2N4O3/c1-12-18(19(27)25-17-6-7-23-11-20(17,21)22)15-9-14(3-4-16(15)29-12)28-10-13-5-8-24-26(13)2/h3-5,8-9,17,23H,6-7,10-11H2,1-2H3,(H,25,27). The minimum Gasteiger partial charge on any atom is -0.487 e. The van der Waals surface area contributed by atoms with Gasteiger partial charge in [-0.15, -0.1) is 0 Å². The lowest BCUT2D eigenvalue weighted by Gasteiger charge is -2.32. The third-order valence-corrected chi connectivity index (χ3v) is 5.16. The number of amides is 1. The second kappa shape index (κ2) is 7.47. The topological polar surface area (TPSA) is 81.3 Å². The molecule has 4 rings (SSSR count). The Morgan fingerprint density at radius 1 is 1.45 bits per heavy atom. The lowest BCUT2D eigenvalue weighted by molar-refractivity contribution is -0.0487. The first-order chi connectivity index (χ1) is 13.8. The zero-order valence-electron chi connectivity index (χ0n) is 16.2. The van der Waals surface area contributed by atoms with Crippen LogP contribution in [0.1, 0.15) is 28.2 Å². The van der Waals surface area contributed by atoms with Gasteiger partial charge in [0.15, 0.2) is 0 Å². The highest BCUT2D eigenvalue weighted by Crippen LogP contribution is 2.30. The number of halogens is 2. The van der Waals surface area contributed by atoms with Crippen molar-refractivity contribution in [2.75, 3.05) is 13.1 Å². The molecule has 0 aliphatic carbocycles. The van der Waals surface area contributed by atoms with E-state index >= 15 is 0 Å². The van der Waals surface area contributed by atoms with Crippen LogP contribution in [0.15, 0.2) is 34.9 Å². The number of fused-ring (bicyclic) bond motifs is 1. The van der Waals surface area contributed by atoms with Gasteiger partial charge in [0.1, 0.15) is 23.7 Å². The number of hydrogen-bond acceptors (Lipinski definition) is 5. The predicted molar refractivity (Wildman–Crippen MR) is 102 cm³/mol. The maximum Gasteiger partial charge on any atom is 0.280 e. The number of aromatic nitrogens is 2. The summed E-state index contributed by atoms with van der Waals surface area (Å²) < 4.78 is 41.3. The summed E-state index contributed by atoms with van der Waals surface area (Å²) in [5.41, 5.74) is 1.64. The lowest BCUT2D eigenvalue weighted by Crippen LogP contribution is -2.57. The number of nitrogens with zero attached hydrogens (tertiary/aromatic N) is 2. The average Bonchev–Trinajstić information content (AvgIpc) is 3.23. The van der Waals surface area contributed by atoms with E-state index in [1.54, 1.807) is 36.0 Å². The summed E-state index contributed by atoms with van der Waals surface area (Å²) >= 11 is 0. The van der Waals surface area contributed by atoms with Crippen molar-refractivity contribution in [2.45, 2.75) is 31.9 Å². The van der Waals surface area contributed by atoms with E-state index in [9.17, 15) is 13.6 Å². The summed E-state index contributed by atoms with van der Waals surface area (Å²) in [4.78, 5) is 12.8. The number of carbonyl (C=O) groups excluding carboxylic acids is 1. The molecule has 1 unspecified atom stereocenters. The molecule has 0 saturated carbocycles. The van der Waals surface area contributed by atoms with Crippen LogP contribution < -0.4 is 15.4 Å². The molecule has 154 valence electrons. The number of nitrogens with one attached hydrogen (secondary N) is 2. The van der Waals surface area contributed by atoms with Crippen molar-refractivity contribution >= 4 is 16.9 Å². The van der Waals surface area contributed by atoms with Crippen LogP contribution in [0.5, 0.6) is 5.75 Å². The first-order valence-electron chi connectivity index (χ1n) is 9.37. The zero-order chi connectivity index (χ0) is 20.6. The molecule has 1 saturated heterocycles. The van der Waals surface area contributed by atoms with Gasteiger partial charge in [-0.25, -0.2) is 8.78 Å². The summed E-state index contributed by atoms with van der Waals surface area (Å²) in [6, 6.07) is 5.77. The molecule has 29 heavy (non-hydrogen) atoms. The molecule has 9 heteroatoms. The Bertz CT molecular complexity index is 1040. The first kappa shape index (κ1) is 19.4. The Labute approximate surface area is 166 Å². The van der Waals surface area contributed by atoms with Crippen LogP contribution in [0.2, 0.25) is 0 Å². The van der Waals surface area contributed by atoms with Crippen molar-refractivity contribution in [3.63, 3.8) is 0 Å². The molecule has 0 spiro atoms. The van der Waals surface area contributed by atoms with Crippen LogP contribution in [-0.2, 0) is 13.7 Å². The van der Waals surface area contributed by atoms with Crippen molar-refractivity contribution < 1.29 is 22.7 Å². The van der Waals surface area contributed by atoms with Crippen LogP contribution in [0, 0.1) is 6.92 Å². The normalized spacial score (nSPS) is 18.7. The van der Waals surface area contributed by atoms with Gasteiger partial charge in [-0.3, -0.25) is 9.48 Å². The molecule has 2 aromatic heterocycles. The van der Waals surface area contributed by atoms with E-state index < -0.39 is 24.4 Å². The predicted octanol–water partition coefficient (Wildman–Crippen LogP) is 2.78. The summed E-state index contributed by atoms with van der Waals surface area (Å²) in [7, 11) is 1.82. The molecule has 1 aromatic carbocycles. The molecule has 1 atom stereocenters. The van der Waals surface area contributed by atoms with E-state index in [1.807, 2.05) is 13.1 Å². The van der Waals surface area contributed by atoms with Crippen LogP contribution in [-0.4, -0.2) is 40.7 Å². The molecule has 3 aromatic rings. The van der Waals surface area contributed by atoms with Crippen molar-refractivity contribution in [3.05, 3.63) is 47.5 Å². The smallest absolute Gasteiger partial charge is 0.280 e. The Morgan fingerprint density at radius 3 is 3.00 bits per heavy atom. The molecule has 1 fully saturated rings. The molecular formula is C20H22F2N4O3. The molecule has 7 nitrogen and oxygen atoms in total. The monoisotopic (exact) mass is 404 g/mol. The number of carbonyl (C=O) groups is 1. The first-order valence-corrected chi connectivity index (χ1v) is 9.37. The van der Waals surface area contributed by atoms with E-state index in [0.717, 1.165) is 5.69 Å². The summed E-state index contributed by atoms with van der Waals surface area (Å²) in [6.07, 6.45) is 1.84. The Morgan fingerprint density at radius 2 is 2.28 bits per heavy atom. The average molecular weight is 404 g/mol. The molecule has 1 amide bonds. The molecule has 1 aliphatic heterocycles. The number of ether oxygens (including phenoxy) is 1. The number of benzene rings is 1. The van der Waals surface area contributed by atoms with Crippen LogP contribution in [0.3, 0.4) is 0 Å². The summed E-state index contributed by atoms with van der Waals surface area (Å²) in [5.74, 6) is -2.66. The van der Waals surface area contributed by atoms with Gasteiger partial charge in [0.2, 0.25) is 0 Å². The van der Waals surface area contributed by atoms with Gasteiger partial charge in [-0.05, 0) is 44.2 Å². The highest BCUT2D eigenvalue weighted by atomic mass is 19.3. The zero-order valence-corrected chi connectivity index (χ0v) is 16.2. The van der Waals surface area contributed by atoms with Gasteiger partial charge < -0.3 is 19.8 Å². The number of furan rings is 1. The molecule has 2 N–H and O–H groups in total. The quantitative estimate of drug-likeness (QED) is 0.684. The second-order valence-corrected chi connectivity index (χ2v) is 7.18. The SMILES string of the molecule is Cc1oc2ccc(OCc3ccnn3C)cc2c1C(=O)NC1CCNCC1(F)F. The summed E-state index contributed by atoms with van der Waals surface area (Å²) in [5, 5.41) is 9.75. The number of aryl methyl sites for hydroxylation is 2. The fourth-order valence-electron chi connectivity index (χ4n) is 3.52. The summed E-state index contributed by atoms with van der Waals surface area (Å²) in [6.45, 7) is 1.93. The van der Waals surface area contributed by atoms with Gasteiger partial charge in [0.25, 0.3) is 11.8 Å². The van der Waals surface area contributed by atoms with Crippen molar-refractivity contribution in [1.29, 1.82) is 0 Å². The number of alkyl halides is 2. The van der Waals surface area contributed by atoms with Gasteiger partial charge in [-0.2, -0.15) is 5.10 Å². The second-order valence-electron chi connectivity index (χ2n) is 7.18. The maximum atomic E-state index is 14.1. The molecule has 0 bridgehead atoms. The van der Waals surface area contributed by atoms with Crippen LogP contribution in [0.25, 0.3) is 11.0 Å². The van der Waals surface area contributed by atoms with E-state index in [-0.39, 0.29) is 12.0 Å². The third kappa shape index (κ3) is 3.82. The minimum absolute atomic E-state index is 0.159. The Hall–Kier alpha value is -2.94. The Balaban J connectivity index is 1.57. The fourth-order valence-corrected chi connectivity index (χ4v) is 3.52.